The number of carbonyl (C=O) groups is 6. The lowest BCUT2D eigenvalue weighted by Crippen LogP contribution is -2.63. The zero-order valence-electron chi connectivity index (χ0n) is 26.4. The molecular formula is C31H39N3O11S. The Bertz CT molecular complexity index is 1380. The highest BCUT2D eigenvalue weighted by Gasteiger charge is 2.60. The molecule has 3 amide bonds. The summed E-state index contributed by atoms with van der Waals surface area (Å²) in [4.78, 5) is 81.0. The fourth-order valence-electron chi connectivity index (χ4n) is 5.83. The van der Waals surface area contributed by atoms with Crippen LogP contribution in [0.2, 0.25) is 0 Å². The van der Waals surface area contributed by atoms with Crippen LogP contribution in [0.25, 0.3) is 0 Å². The summed E-state index contributed by atoms with van der Waals surface area (Å²) in [5.74, 6) is -3.97. The maximum absolute atomic E-state index is 13.3. The standard InChI is InChI=1S/C31H39N3O11S/c1-6-10-22(36)42-15-44-30(40)25-26(17(2)24-23(18(3)35)28(38)34(24)25)46-20-13-21(27(37)32(4)5)33(14-20)31(41)45-16-43-29(39)19-11-8-7-9-12-19/h7-9,11-12,17-18,20-21,23-24,35H,6,10,13-16H2,1-5H3/t17-,18-,20+,21+,23-,24-/m1/s1. The van der Waals surface area contributed by atoms with E-state index in [9.17, 15) is 33.9 Å². The number of benzene rings is 1. The molecule has 1 N–H and O–H groups in total. The van der Waals surface area contributed by atoms with E-state index in [1.165, 1.54) is 33.4 Å². The molecule has 6 atom stereocenters. The predicted octanol–water partition coefficient (Wildman–Crippen LogP) is 2.11. The first-order valence-corrected chi connectivity index (χ1v) is 15.9. The Balaban J connectivity index is 1.50. The molecule has 2 saturated heterocycles. The number of esters is 3. The number of β-lactam (4-membered cyclic amide) rings is 1. The van der Waals surface area contributed by atoms with Crippen LogP contribution < -0.4 is 0 Å². The molecule has 14 nitrogen and oxygen atoms in total. The molecule has 1 aromatic rings. The van der Waals surface area contributed by atoms with Gasteiger partial charge in [-0.1, -0.05) is 32.0 Å². The highest BCUT2D eigenvalue weighted by Crippen LogP contribution is 2.52. The van der Waals surface area contributed by atoms with Crippen molar-refractivity contribution in [1.82, 2.24) is 14.7 Å². The third kappa shape index (κ3) is 7.30. The highest BCUT2D eigenvalue weighted by molar-refractivity contribution is 8.03. The fraction of sp³-hybridized carbons (Fsp3) is 0.548. The molecule has 250 valence electrons. The summed E-state index contributed by atoms with van der Waals surface area (Å²) in [6.07, 6.45) is -0.902. The van der Waals surface area contributed by atoms with Gasteiger partial charge in [0.15, 0.2) is 0 Å². The Morgan fingerprint density at radius 2 is 1.67 bits per heavy atom. The maximum Gasteiger partial charge on any atom is 0.413 e. The lowest BCUT2D eigenvalue weighted by molar-refractivity contribution is -0.172. The molecule has 4 rings (SSSR count). The number of aliphatic hydroxyl groups is 1. The molecule has 2 fully saturated rings. The number of hydrogen-bond donors (Lipinski definition) is 1. The number of rotatable bonds is 12. The Kier molecular flexibility index (Phi) is 11.3. The lowest BCUT2D eigenvalue weighted by Gasteiger charge is -2.46. The monoisotopic (exact) mass is 661 g/mol. The van der Waals surface area contributed by atoms with Crippen LogP contribution in [0.15, 0.2) is 40.9 Å². The molecule has 0 saturated carbocycles. The molecule has 3 heterocycles. The predicted molar refractivity (Wildman–Crippen MR) is 162 cm³/mol. The van der Waals surface area contributed by atoms with E-state index in [1.807, 2.05) is 6.92 Å². The van der Waals surface area contributed by atoms with E-state index >= 15 is 0 Å². The first kappa shape index (κ1) is 34.8. The summed E-state index contributed by atoms with van der Waals surface area (Å²) in [7, 11) is 3.12. The second-order valence-electron chi connectivity index (χ2n) is 11.5. The van der Waals surface area contributed by atoms with Crippen molar-refractivity contribution in [3.05, 3.63) is 46.5 Å². The third-order valence-corrected chi connectivity index (χ3v) is 9.56. The van der Waals surface area contributed by atoms with Crippen LogP contribution in [0.1, 0.15) is 50.4 Å². The average Bonchev–Trinajstić information content (AvgIpc) is 3.54. The van der Waals surface area contributed by atoms with E-state index in [1.54, 1.807) is 51.4 Å². The summed E-state index contributed by atoms with van der Waals surface area (Å²) < 4.78 is 20.5. The summed E-state index contributed by atoms with van der Waals surface area (Å²) in [5.41, 5.74) is 0.269. The molecule has 3 aliphatic rings. The minimum Gasteiger partial charge on any atom is -0.428 e. The number of nitrogens with zero attached hydrogens (tertiary/aromatic N) is 3. The fourth-order valence-corrected chi connectivity index (χ4v) is 7.35. The van der Waals surface area contributed by atoms with E-state index in [4.69, 9.17) is 18.9 Å². The number of likely N-dealkylation sites (tertiary alicyclic amines) is 1. The van der Waals surface area contributed by atoms with Crippen LogP contribution in [0, 0.1) is 11.8 Å². The molecule has 0 bridgehead atoms. The van der Waals surface area contributed by atoms with Gasteiger partial charge in [0, 0.05) is 43.1 Å². The number of amides is 3. The maximum atomic E-state index is 13.3. The van der Waals surface area contributed by atoms with Gasteiger partial charge in [0.2, 0.25) is 25.4 Å². The van der Waals surface area contributed by atoms with Gasteiger partial charge in [-0.2, -0.15) is 0 Å². The van der Waals surface area contributed by atoms with Crippen molar-refractivity contribution >= 4 is 47.6 Å². The molecule has 3 aliphatic heterocycles. The molecule has 15 heteroatoms. The minimum atomic E-state index is -0.956. The molecule has 46 heavy (non-hydrogen) atoms. The second-order valence-corrected chi connectivity index (χ2v) is 12.8. The minimum absolute atomic E-state index is 0.0136. The van der Waals surface area contributed by atoms with E-state index in [-0.39, 0.29) is 42.5 Å². The first-order valence-electron chi connectivity index (χ1n) is 15.0. The van der Waals surface area contributed by atoms with Crippen molar-refractivity contribution in [2.24, 2.45) is 11.8 Å². The molecule has 0 aliphatic carbocycles. The summed E-state index contributed by atoms with van der Waals surface area (Å²) in [6.45, 7) is 3.90. The van der Waals surface area contributed by atoms with Gasteiger partial charge < -0.3 is 33.9 Å². The SMILES string of the molecule is CCCC(=O)OCOC(=O)C1=C(S[C@H]2C[C@@H](C(=O)N(C)C)N(C(=O)OCOC(=O)c3ccccc3)C2)[C@H](C)[C@@H]2[C@@H]([C@@H](C)O)C(=O)N12. The zero-order chi connectivity index (χ0) is 33.7. The van der Waals surface area contributed by atoms with Crippen LogP contribution in [0.3, 0.4) is 0 Å². The molecule has 0 radical (unpaired) electrons. The van der Waals surface area contributed by atoms with Crippen LogP contribution in [-0.2, 0) is 38.1 Å². The van der Waals surface area contributed by atoms with E-state index in [2.05, 4.69) is 0 Å². The Morgan fingerprint density at radius 1 is 1.02 bits per heavy atom. The topological polar surface area (TPSA) is 169 Å². The van der Waals surface area contributed by atoms with Crippen molar-refractivity contribution in [3.8, 4) is 0 Å². The molecule has 0 spiro atoms. The number of ether oxygens (including phenoxy) is 4. The van der Waals surface area contributed by atoms with Gasteiger partial charge in [-0.15, -0.1) is 11.8 Å². The van der Waals surface area contributed by atoms with Gasteiger partial charge in [0.25, 0.3) is 0 Å². The Hall–Kier alpha value is -4.11. The summed E-state index contributed by atoms with van der Waals surface area (Å²) in [6, 6.07) is 6.78. The van der Waals surface area contributed by atoms with Crippen LogP contribution in [0.4, 0.5) is 4.79 Å². The molecular weight excluding hydrogens is 622 g/mol. The van der Waals surface area contributed by atoms with Gasteiger partial charge in [-0.05, 0) is 31.9 Å². The lowest BCUT2D eigenvalue weighted by atomic mass is 9.79. The van der Waals surface area contributed by atoms with Crippen molar-refractivity contribution in [2.75, 3.05) is 34.2 Å². The quantitative estimate of drug-likeness (QED) is 0.197. The van der Waals surface area contributed by atoms with E-state index in [0.29, 0.717) is 11.3 Å². The van der Waals surface area contributed by atoms with Gasteiger partial charge in [-0.3, -0.25) is 19.3 Å². The van der Waals surface area contributed by atoms with Gasteiger partial charge in [0.1, 0.15) is 11.7 Å². The van der Waals surface area contributed by atoms with Crippen molar-refractivity contribution in [2.45, 2.75) is 63.5 Å². The molecule has 0 aromatic heterocycles. The number of likely N-dealkylation sites (N-methyl/N-ethyl adjacent to an activating group) is 1. The summed E-state index contributed by atoms with van der Waals surface area (Å²) >= 11 is 1.24. The van der Waals surface area contributed by atoms with Crippen LogP contribution in [0.5, 0.6) is 0 Å². The number of thioether (sulfide) groups is 1. The number of carbonyl (C=O) groups excluding carboxylic acids is 6. The van der Waals surface area contributed by atoms with Crippen molar-refractivity contribution < 1.29 is 52.8 Å². The molecule has 1 aromatic carbocycles. The number of hydrogen-bond acceptors (Lipinski definition) is 12. The van der Waals surface area contributed by atoms with Gasteiger partial charge >= 0.3 is 24.0 Å². The van der Waals surface area contributed by atoms with Crippen molar-refractivity contribution in [1.29, 1.82) is 0 Å². The van der Waals surface area contributed by atoms with E-state index in [0.717, 1.165) is 0 Å². The smallest absolute Gasteiger partial charge is 0.413 e. The van der Waals surface area contributed by atoms with Crippen molar-refractivity contribution in [3.63, 3.8) is 0 Å². The highest BCUT2D eigenvalue weighted by atomic mass is 32.2. The number of aliphatic hydroxyl groups excluding tert-OH is 1. The Labute approximate surface area is 270 Å². The first-order chi connectivity index (χ1) is 21.9. The average molecular weight is 662 g/mol. The summed E-state index contributed by atoms with van der Waals surface area (Å²) in [5, 5.41) is 9.88. The zero-order valence-corrected chi connectivity index (χ0v) is 27.2. The number of fused-ring (bicyclic) bond motifs is 1. The molecule has 0 unspecified atom stereocenters. The normalized spacial score (nSPS) is 24.1. The van der Waals surface area contributed by atoms with E-state index < -0.39 is 72.8 Å². The van der Waals surface area contributed by atoms with Gasteiger partial charge in [-0.25, -0.2) is 14.4 Å². The second kappa shape index (κ2) is 15.0. The van der Waals surface area contributed by atoms with Crippen LogP contribution in [-0.4, -0.2) is 113 Å². The third-order valence-electron chi connectivity index (χ3n) is 8.06. The van der Waals surface area contributed by atoms with Crippen LogP contribution >= 0.6 is 11.8 Å². The Morgan fingerprint density at radius 3 is 2.30 bits per heavy atom. The van der Waals surface area contributed by atoms with Gasteiger partial charge in [0.05, 0.1) is 23.6 Å². The largest absolute Gasteiger partial charge is 0.428 e.